The molecule has 0 N–H and O–H groups in total. The van der Waals surface area contributed by atoms with E-state index in [1.54, 1.807) is 24.3 Å². The van der Waals surface area contributed by atoms with E-state index in [4.69, 9.17) is 16.9 Å². The van der Waals surface area contributed by atoms with E-state index in [1.807, 2.05) is 18.2 Å². The number of benzene rings is 2. The van der Waals surface area contributed by atoms with Crippen LogP contribution in [0.4, 0.5) is 4.39 Å². The molecule has 0 aliphatic heterocycles. The van der Waals surface area contributed by atoms with E-state index >= 15 is 0 Å². The average molecular weight is 278 g/mol. The topological polar surface area (TPSA) is 23.8 Å². The number of hydrogen-bond acceptors (Lipinski definition) is 2. The van der Waals surface area contributed by atoms with Crippen molar-refractivity contribution in [3.63, 3.8) is 0 Å². The SMILES string of the molecule is N#Cc1ccc(CSc2ccc(Cl)cc2)c(F)c1. The monoisotopic (exact) mass is 277 g/mol. The molecule has 4 heteroatoms. The third kappa shape index (κ3) is 3.25. The summed E-state index contributed by atoms with van der Waals surface area (Å²) in [4.78, 5) is 1.03. The molecule has 0 aliphatic carbocycles. The van der Waals surface area contributed by atoms with Crippen molar-refractivity contribution in [2.24, 2.45) is 0 Å². The van der Waals surface area contributed by atoms with Gasteiger partial charge in [0.05, 0.1) is 11.6 Å². The minimum Gasteiger partial charge on any atom is -0.207 e. The zero-order valence-electron chi connectivity index (χ0n) is 9.36. The highest BCUT2D eigenvalue weighted by Crippen LogP contribution is 2.25. The first-order valence-corrected chi connectivity index (χ1v) is 6.62. The zero-order valence-corrected chi connectivity index (χ0v) is 10.9. The number of thioether (sulfide) groups is 1. The van der Waals surface area contributed by atoms with Crippen molar-refractivity contribution in [3.8, 4) is 6.07 Å². The van der Waals surface area contributed by atoms with Crippen LogP contribution in [0, 0.1) is 17.1 Å². The van der Waals surface area contributed by atoms with Crippen molar-refractivity contribution in [2.75, 3.05) is 0 Å². The van der Waals surface area contributed by atoms with Crippen LogP contribution in [-0.2, 0) is 5.75 Å². The van der Waals surface area contributed by atoms with Gasteiger partial charge in [-0.15, -0.1) is 11.8 Å². The molecule has 0 bridgehead atoms. The first-order chi connectivity index (χ1) is 8.69. The summed E-state index contributed by atoms with van der Waals surface area (Å²) in [5.74, 6) is 0.189. The molecular formula is C14H9ClFNS. The average Bonchev–Trinajstić information content (AvgIpc) is 2.39. The fourth-order valence-corrected chi connectivity index (χ4v) is 2.44. The van der Waals surface area contributed by atoms with Gasteiger partial charge in [0.2, 0.25) is 0 Å². The molecule has 90 valence electrons. The molecular weight excluding hydrogens is 269 g/mol. The Balaban J connectivity index is 2.06. The van der Waals surface area contributed by atoms with Crippen LogP contribution >= 0.6 is 23.4 Å². The summed E-state index contributed by atoms with van der Waals surface area (Å²) in [6.07, 6.45) is 0. The maximum atomic E-state index is 13.6. The van der Waals surface area contributed by atoms with E-state index in [-0.39, 0.29) is 5.82 Å². The molecule has 0 heterocycles. The third-order valence-electron chi connectivity index (χ3n) is 2.39. The molecule has 1 nitrogen and oxygen atoms in total. The summed E-state index contributed by atoms with van der Waals surface area (Å²) < 4.78 is 13.6. The number of nitriles is 1. The molecule has 18 heavy (non-hydrogen) atoms. The smallest absolute Gasteiger partial charge is 0.128 e. The molecule has 0 aromatic heterocycles. The normalized spacial score (nSPS) is 10.1. The molecule has 0 amide bonds. The summed E-state index contributed by atoms with van der Waals surface area (Å²) >= 11 is 7.32. The first-order valence-electron chi connectivity index (χ1n) is 5.26. The molecule has 2 rings (SSSR count). The summed E-state index contributed by atoms with van der Waals surface area (Å²) in [5.41, 5.74) is 0.932. The second-order valence-electron chi connectivity index (χ2n) is 3.66. The van der Waals surface area contributed by atoms with Gasteiger partial charge in [0.15, 0.2) is 0 Å². The van der Waals surface area contributed by atoms with Gasteiger partial charge < -0.3 is 0 Å². The molecule has 0 unspecified atom stereocenters. The van der Waals surface area contributed by atoms with Crippen LogP contribution in [0.1, 0.15) is 11.1 Å². The Morgan fingerprint density at radius 2 is 1.89 bits per heavy atom. The highest BCUT2D eigenvalue weighted by molar-refractivity contribution is 7.98. The Morgan fingerprint density at radius 3 is 2.50 bits per heavy atom. The Bertz CT molecular complexity index is 590. The molecule has 0 saturated carbocycles. The lowest BCUT2D eigenvalue weighted by Crippen LogP contribution is -1.89. The lowest BCUT2D eigenvalue weighted by atomic mass is 10.1. The van der Waals surface area contributed by atoms with Crippen LogP contribution in [-0.4, -0.2) is 0 Å². The highest BCUT2D eigenvalue weighted by atomic mass is 35.5. The minimum absolute atomic E-state index is 0.337. The lowest BCUT2D eigenvalue weighted by molar-refractivity contribution is 0.617. The van der Waals surface area contributed by atoms with Crippen LogP contribution in [0.15, 0.2) is 47.4 Å². The van der Waals surface area contributed by atoms with Crippen molar-refractivity contribution in [1.82, 2.24) is 0 Å². The Morgan fingerprint density at radius 1 is 1.17 bits per heavy atom. The van der Waals surface area contributed by atoms with Crippen LogP contribution in [0.5, 0.6) is 0 Å². The van der Waals surface area contributed by atoms with E-state index in [9.17, 15) is 4.39 Å². The second kappa shape index (κ2) is 5.90. The number of nitrogens with zero attached hydrogens (tertiary/aromatic N) is 1. The predicted molar refractivity (Wildman–Crippen MR) is 72.1 cm³/mol. The largest absolute Gasteiger partial charge is 0.207 e. The molecule has 0 radical (unpaired) electrons. The fraction of sp³-hybridized carbons (Fsp3) is 0.0714. The van der Waals surface area contributed by atoms with Crippen molar-refractivity contribution >= 4 is 23.4 Å². The van der Waals surface area contributed by atoms with Gasteiger partial charge in [-0.25, -0.2) is 4.39 Å². The van der Waals surface area contributed by atoms with Crippen LogP contribution in [0.3, 0.4) is 0 Å². The molecule has 0 aliphatic rings. The van der Waals surface area contributed by atoms with Crippen LogP contribution in [0.2, 0.25) is 5.02 Å². The molecule has 0 saturated heterocycles. The van der Waals surface area contributed by atoms with Crippen LogP contribution < -0.4 is 0 Å². The Labute approximate surface area is 114 Å². The molecule has 2 aromatic rings. The number of rotatable bonds is 3. The standard InChI is InChI=1S/C14H9ClFNS/c15-12-3-5-13(6-4-12)18-9-11-2-1-10(8-17)7-14(11)16/h1-7H,9H2. The Hall–Kier alpha value is -1.50. The zero-order chi connectivity index (χ0) is 13.0. The highest BCUT2D eigenvalue weighted by Gasteiger charge is 2.04. The van der Waals surface area contributed by atoms with Gasteiger partial charge in [-0.05, 0) is 42.0 Å². The number of hydrogen-bond donors (Lipinski definition) is 0. The van der Waals surface area contributed by atoms with Crippen molar-refractivity contribution in [1.29, 1.82) is 5.26 Å². The van der Waals surface area contributed by atoms with Gasteiger partial charge in [-0.1, -0.05) is 17.7 Å². The molecule has 0 spiro atoms. The van der Waals surface area contributed by atoms with Gasteiger partial charge in [-0.2, -0.15) is 5.26 Å². The van der Waals surface area contributed by atoms with E-state index in [2.05, 4.69) is 0 Å². The first kappa shape index (κ1) is 12.9. The fourth-order valence-electron chi connectivity index (χ4n) is 1.43. The van der Waals surface area contributed by atoms with E-state index in [1.165, 1.54) is 17.8 Å². The second-order valence-corrected chi connectivity index (χ2v) is 5.15. The van der Waals surface area contributed by atoms with Gasteiger partial charge in [0.25, 0.3) is 0 Å². The van der Waals surface area contributed by atoms with Crippen molar-refractivity contribution in [2.45, 2.75) is 10.6 Å². The predicted octanol–water partition coefficient (Wildman–Crippen LogP) is 4.64. The Kier molecular flexibility index (Phi) is 4.24. The quantitative estimate of drug-likeness (QED) is 0.763. The van der Waals surface area contributed by atoms with E-state index in [0.717, 1.165) is 4.90 Å². The van der Waals surface area contributed by atoms with Crippen molar-refractivity contribution in [3.05, 3.63) is 64.4 Å². The van der Waals surface area contributed by atoms with Gasteiger partial charge in [0.1, 0.15) is 5.82 Å². The van der Waals surface area contributed by atoms with Gasteiger partial charge in [0, 0.05) is 15.7 Å². The van der Waals surface area contributed by atoms with Crippen LogP contribution in [0.25, 0.3) is 0 Å². The van der Waals surface area contributed by atoms with E-state index in [0.29, 0.717) is 21.9 Å². The summed E-state index contributed by atoms with van der Waals surface area (Å²) in [7, 11) is 0. The third-order valence-corrected chi connectivity index (χ3v) is 3.70. The summed E-state index contributed by atoms with van der Waals surface area (Å²) in [6, 6.07) is 13.9. The minimum atomic E-state index is -0.337. The van der Waals surface area contributed by atoms with E-state index < -0.39 is 0 Å². The lowest BCUT2D eigenvalue weighted by Gasteiger charge is -2.04. The maximum Gasteiger partial charge on any atom is 0.128 e. The van der Waals surface area contributed by atoms with Gasteiger partial charge >= 0.3 is 0 Å². The number of halogens is 2. The van der Waals surface area contributed by atoms with Crippen molar-refractivity contribution < 1.29 is 4.39 Å². The molecule has 0 fully saturated rings. The maximum absolute atomic E-state index is 13.6. The van der Waals surface area contributed by atoms with Gasteiger partial charge in [-0.3, -0.25) is 0 Å². The molecule has 2 aromatic carbocycles. The summed E-state index contributed by atoms with van der Waals surface area (Å²) in [6.45, 7) is 0. The summed E-state index contributed by atoms with van der Waals surface area (Å²) in [5, 5.41) is 9.34. The molecule has 0 atom stereocenters.